The van der Waals surface area contributed by atoms with Crippen LogP contribution in [0.2, 0.25) is 0 Å². The Kier molecular flexibility index (Phi) is 2.75. The van der Waals surface area contributed by atoms with Crippen LogP contribution in [-0.2, 0) is 18.2 Å². The largest absolute Gasteiger partial charge is 0.378 e. The van der Waals surface area contributed by atoms with E-state index in [0.29, 0.717) is 6.54 Å². The van der Waals surface area contributed by atoms with E-state index in [4.69, 9.17) is 10.5 Å². The highest BCUT2D eigenvalue weighted by atomic mass is 16.5. The van der Waals surface area contributed by atoms with Crippen molar-refractivity contribution >= 4 is 0 Å². The fourth-order valence-electron chi connectivity index (χ4n) is 2.19. The molecule has 1 aromatic rings. The van der Waals surface area contributed by atoms with Gasteiger partial charge in [0.1, 0.15) is 12.2 Å². The minimum atomic E-state index is 0.0425. The normalized spacial score (nSPS) is 31.0. The molecule has 15 heavy (non-hydrogen) atoms. The van der Waals surface area contributed by atoms with Crippen molar-refractivity contribution in [1.29, 1.82) is 0 Å². The number of nitrogens with two attached hydrogens (primary N) is 1. The quantitative estimate of drug-likeness (QED) is 0.769. The standard InChI is InChI=1S/C10H18N4O/c1-8-10(6-11,3-4-15-8)5-9-12-7-13-14(9)2/h7-8H,3-6,11H2,1-2H3. The minimum Gasteiger partial charge on any atom is -0.378 e. The number of hydrogen-bond acceptors (Lipinski definition) is 4. The molecule has 1 aliphatic heterocycles. The molecule has 5 nitrogen and oxygen atoms in total. The van der Waals surface area contributed by atoms with E-state index >= 15 is 0 Å². The van der Waals surface area contributed by atoms with E-state index in [1.54, 1.807) is 6.33 Å². The molecule has 1 saturated heterocycles. The van der Waals surface area contributed by atoms with Gasteiger partial charge in [-0.2, -0.15) is 5.10 Å². The molecular weight excluding hydrogens is 192 g/mol. The van der Waals surface area contributed by atoms with Crippen LogP contribution in [0.1, 0.15) is 19.2 Å². The Labute approximate surface area is 89.6 Å². The zero-order valence-electron chi connectivity index (χ0n) is 9.31. The maximum atomic E-state index is 5.89. The summed E-state index contributed by atoms with van der Waals surface area (Å²) < 4.78 is 7.42. The summed E-state index contributed by atoms with van der Waals surface area (Å²) in [5.74, 6) is 0.984. The minimum absolute atomic E-state index is 0.0425. The van der Waals surface area contributed by atoms with Gasteiger partial charge in [0.25, 0.3) is 0 Å². The monoisotopic (exact) mass is 210 g/mol. The Morgan fingerprint density at radius 3 is 3.00 bits per heavy atom. The van der Waals surface area contributed by atoms with Gasteiger partial charge in [-0.15, -0.1) is 0 Å². The average molecular weight is 210 g/mol. The van der Waals surface area contributed by atoms with Crippen molar-refractivity contribution in [2.24, 2.45) is 18.2 Å². The van der Waals surface area contributed by atoms with E-state index in [0.717, 1.165) is 25.3 Å². The molecule has 0 aromatic carbocycles. The maximum absolute atomic E-state index is 5.89. The topological polar surface area (TPSA) is 66.0 Å². The smallest absolute Gasteiger partial charge is 0.138 e. The van der Waals surface area contributed by atoms with Crippen molar-refractivity contribution in [3.8, 4) is 0 Å². The third kappa shape index (κ3) is 1.77. The number of aromatic nitrogens is 3. The Balaban J connectivity index is 2.18. The molecule has 2 N–H and O–H groups in total. The summed E-state index contributed by atoms with van der Waals surface area (Å²) in [7, 11) is 1.91. The van der Waals surface area contributed by atoms with Gasteiger partial charge in [0.15, 0.2) is 0 Å². The van der Waals surface area contributed by atoms with Crippen molar-refractivity contribution < 1.29 is 4.74 Å². The molecule has 0 radical (unpaired) electrons. The molecular formula is C10H18N4O. The lowest BCUT2D eigenvalue weighted by atomic mass is 9.78. The lowest BCUT2D eigenvalue weighted by molar-refractivity contribution is 0.0660. The van der Waals surface area contributed by atoms with Gasteiger partial charge in [0.2, 0.25) is 0 Å². The number of aryl methyl sites for hydroxylation is 1. The fourth-order valence-corrected chi connectivity index (χ4v) is 2.19. The van der Waals surface area contributed by atoms with Gasteiger partial charge in [-0.05, 0) is 13.3 Å². The van der Waals surface area contributed by atoms with Gasteiger partial charge >= 0.3 is 0 Å². The van der Waals surface area contributed by atoms with Crippen molar-refractivity contribution in [1.82, 2.24) is 14.8 Å². The molecule has 0 aliphatic carbocycles. The van der Waals surface area contributed by atoms with Crippen LogP contribution in [0.15, 0.2) is 6.33 Å². The van der Waals surface area contributed by atoms with Crippen molar-refractivity contribution in [3.63, 3.8) is 0 Å². The van der Waals surface area contributed by atoms with Crippen LogP contribution in [0.5, 0.6) is 0 Å². The van der Waals surface area contributed by atoms with Gasteiger partial charge in [0.05, 0.1) is 6.10 Å². The van der Waals surface area contributed by atoms with Crippen LogP contribution in [-0.4, -0.2) is 34.0 Å². The molecule has 2 heterocycles. The molecule has 2 unspecified atom stereocenters. The zero-order valence-corrected chi connectivity index (χ0v) is 9.31. The van der Waals surface area contributed by atoms with Crippen LogP contribution >= 0.6 is 0 Å². The molecule has 5 heteroatoms. The first kappa shape index (κ1) is 10.6. The second-order valence-corrected chi connectivity index (χ2v) is 4.31. The number of hydrogen-bond donors (Lipinski definition) is 1. The lowest BCUT2D eigenvalue weighted by Crippen LogP contribution is -2.39. The lowest BCUT2D eigenvalue weighted by Gasteiger charge is -2.30. The summed E-state index contributed by atoms with van der Waals surface area (Å²) in [6.07, 6.45) is 3.65. The van der Waals surface area contributed by atoms with Gasteiger partial charge in [-0.3, -0.25) is 4.68 Å². The van der Waals surface area contributed by atoms with E-state index in [1.807, 2.05) is 11.7 Å². The van der Waals surface area contributed by atoms with Crippen molar-refractivity contribution in [2.45, 2.75) is 25.9 Å². The summed E-state index contributed by atoms with van der Waals surface area (Å²) >= 11 is 0. The third-order valence-corrected chi connectivity index (χ3v) is 3.55. The predicted molar refractivity (Wildman–Crippen MR) is 56.2 cm³/mol. The highest BCUT2D eigenvalue weighted by molar-refractivity contribution is 4.99. The maximum Gasteiger partial charge on any atom is 0.138 e. The third-order valence-electron chi connectivity index (χ3n) is 3.55. The molecule has 2 atom stereocenters. The van der Waals surface area contributed by atoms with E-state index < -0.39 is 0 Å². The molecule has 2 rings (SSSR count). The summed E-state index contributed by atoms with van der Waals surface area (Å²) in [6.45, 7) is 3.54. The van der Waals surface area contributed by atoms with Crippen LogP contribution in [0.4, 0.5) is 0 Å². The first-order valence-electron chi connectivity index (χ1n) is 5.32. The van der Waals surface area contributed by atoms with Crippen LogP contribution in [0.25, 0.3) is 0 Å². The second-order valence-electron chi connectivity index (χ2n) is 4.31. The summed E-state index contributed by atoms with van der Waals surface area (Å²) in [4.78, 5) is 4.25. The van der Waals surface area contributed by atoms with Gasteiger partial charge in [-0.1, -0.05) is 0 Å². The molecule has 0 bridgehead atoms. The van der Waals surface area contributed by atoms with Crippen molar-refractivity contribution in [2.75, 3.05) is 13.2 Å². The van der Waals surface area contributed by atoms with E-state index in [9.17, 15) is 0 Å². The van der Waals surface area contributed by atoms with E-state index in [1.165, 1.54) is 0 Å². The number of rotatable bonds is 3. The molecule has 1 aromatic heterocycles. The molecule has 84 valence electrons. The Morgan fingerprint density at radius 1 is 1.73 bits per heavy atom. The SMILES string of the molecule is CC1OCCC1(CN)Cc1ncnn1C. The molecule has 0 amide bonds. The molecule has 0 spiro atoms. The van der Waals surface area contributed by atoms with E-state index in [-0.39, 0.29) is 11.5 Å². The second kappa shape index (κ2) is 3.90. The summed E-state index contributed by atoms with van der Waals surface area (Å²) in [5.41, 5.74) is 5.93. The Morgan fingerprint density at radius 2 is 2.53 bits per heavy atom. The average Bonchev–Trinajstić information content (AvgIpc) is 2.77. The van der Waals surface area contributed by atoms with Gasteiger partial charge in [-0.25, -0.2) is 4.98 Å². The highest BCUT2D eigenvalue weighted by Crippen LogP contribution is 2.36. The van der Waals surface area contributed by atoms with Crippen LogP contribution in [0, 0.1) is 5.41 Å². The fraction of sp³-hybridized carbons (Fsp3) is 0.800. The zero-order chi connectivity index (χ0) is 10.9. The van der Waals surface area contributed by atoms with Gasteiger partial charge < -0.3 is 10.5 Å². The first-order valence-corrected chi connectivity index (χ1v) is 5.32. The first-order chi connectivity index (χ1) is 7.18. The van der Waals surface area contributed by atoms with Crippen LogP contribution in [0.3, 0.4) is 0 Å². The molecule has 1 fully saturated rings. The molecule has 0 saturated carbocycles. The van der Waals surface area contributed by atoms with Crippen LogP contribution < -0.4 is 5.73 Å². The van der Waals surface area contributed by atoms with Gasteiger partial charge in [0, 0.05) is 32.0 Å². The van der Waals surface area contributed by atoms with Crippen molar-refractivity contribution in [3.05, 3.63) is 12.2 Å². The predicted octanol–water partition coefficient (Wildman–Crippen LogP) is 0.111. The highest BCUT2D eigenvalue weighted by Gasteiger charge is 2.41. The number of nitrogens with zero attached hydrogens (tertiary/aromatic N) is 3. The Bertz CT molecular complexity index is 338. The van der Waals surface area contributed by atoms with E-state index in [2.05, 4.69) is 17.0 Å². The Hall–Kier alpha value is -0.940. The summed E-state index contributed by atoms with van der Waals surface area (Å²) in [5, 5.41) is 4.07. The molecule has 1 aliphatic rings. The number of ether oxygens (including phenoxy) is 1. The summed E-state index contributed by atoms with van der Waals surface area (Å²) in [6, 6.07) is 0.